The Bertz CT molecular complexity index is 1440. The lowest BCUT2D eigenvalue weighted by Gasteiger charge is -2.18. The molecule has 1 saturated heterocycles. The van der Waals surface area contributed by atoms with Crippen molar-refractivity contribution in [1.82, 2.24) is 13.9 Å². The molecule has 0 bridgehead atoms. The predicted octanol–water partition coefficient (Wildman–Crippen LogP) is 5.69. The summed E-state index contributed by atoms with van der Waals surface area (Å²) in [6.45, 7) is 6.12. The van der Waals surface area contributed by atoms with Gasteiger partial charge in [-0.1, -0.05) is 68.1 Å². The topological polar surface area (TPSA) is 64.4 Å². The van der Waals surface area contributed by atoms with E-state index in [-0.39, 0.29) is 6.10 Å². The van der Waals surface area contributed by atoms with E-state index in [0.29, 0.717) is 23.5 Å². The number of thioether (sulfide) groups is 1. The molecule has 4 aromatic rings. The average molecular weight is 510 g/mol. The molecule has 0 aliphatic carbocycles. The van der Waals surface area contributed by atoms with E-state index in [1.807, 2.05) is 19.9 Å². The van der Waals surface area contributed by atoms with Crippen LogP contribution < -0.4 is 0 Å². The largest absolute Gasteiger partial charge is 0.376 e. The first-order chi connectivity index (χ1) is 17.0. The third kappa shape index (κ3) is 4.98. The highest BCUT2D eigenvalue weighted by molar-refractivity contribution is 7.98. The number of hydrogen-bond acceptors (Lipinski definition) is 5. The van der Waals surface area contributed by atoms with Crippen molar-refractivity contribution in [1.29, 1.82) is 0 Å². The van der Waals surface area contributed by atoms with Crippen molar-refractivity contribution in [3.8, 4) is 0 Å². The lowest BCUT2D eigenvalue weighted by molar-refractivity contribution is 0.0960. The van der Waals surface area contributed by atoms with Crippen LogP contribution in [-0.4, -0.2) is 48.1 Å². The maximum Gasteiger partial charge on any atom is 0.243 e. The Morgan fingerprint density at radius 3 is 2.60 bits per heavy atom. The summed E-state index contributed by atoms with van der Waals surface area (Å²) in [5.74, 6) is 0.782. The molecule has 0 N–H and O–H groups in total. The van der Waals surface area contributed by atoms with E-state index >= 15 is 0 Å². The van der Waals surface area contributed by atoms with E-state index in [1.54, 1.807) is 23.9 Å². The van der Waals surface area contributed by atoms with Crippen LogP contribution in [0.4, 0.5) is 0 Å². The fourth-order valence-corrected chi connectivity index (χ4v) is 7.16. The third-order valence-electron chi connectivity index (χ3n) is 6.62. The summed E-state index contributed by atoms with van der Waals surface area (Å²) >= 11 is 1.68. The maximum absolute atomic E-state index is 13.1. The summed E-state index contributed by atoms with van der Waals surface area (Å²) < 4.78 is 35.8. The van der Waals surface area contributed by atoms with Crippen LogP contribution in [0.25, 0.3) is 21.8 Å². The van der Waals surface area contributed by atoms with E-state index in [2.05, 4.69) is 47.0 Å². The van der Waals surface area contributed by atoms with E-state index in [1.165, 1.54) is 20.6 Å². The van der Waals surface area contributed by atoms with Gasteiger partial charge >= 0.3 is 0 Å². The quantitative estimate of drug-likeness (QED) is 0.271. The molecule has 184 valence electrons. The predicted molar refractivity (Wildman–Crippen MR) is 142 cm³/mol. The number of hydrogen-bond donors (Lipinski definition) is 0. The van der Waals surface area contributed by atoms with Crippen molar-refractivity contribution in [3.63, 3.8) is 0 Å². The van der Waals surface area contributed by atoms with Crippen LogP contribution >= 0.6 is 11.8 Å². The smallest absolute Gasteiger partial charge is 0.243 e. The molecule has 1 aliphatic rings. The van der Waals surface area contributed by atoms with Crippen LogP contribution in [0.1, 0.15) is 32.3 Å². The van der Waals surface area contributed by atoms with Crippen molar-refractivity contribution < 1.29 is 13.2 Å². The molecule has 0 saturated carbocycles. The Labute approximate surface area is 211 Å². The Morgan fingerprint density at radius 2 is 1.86 bits per heavy atom. The first kappa shape index (κ1) is 24.3. The van der Waals surface area contributed by atoms with Gasteiger partial charge in [-0.2, -0.15) is 4.31 Å². The monoisotopic (exact) mass is 509 g/mol. The number of fused-ring (bicyclic) bond motifs is 2. The fourth-order valence-electron chi connectivity index (χ4n) is 4.72. The number of aromatic nitrogens is 2. The number of ether oxygens (including phenoxy) is 1. The van der Waals surface area contributed by atoms with Gasteiger partial charge in [0, 0.05) is 25.4 Å². The van der Waals surface area contributed by atoms with Crippen molar-refractivity contribution in [2.45, 2.75) is 55.1 Å². The normalized spacial score (nSPS) is 16.6. The second-order valence-electron chi connectivity index (χ2n) is 8.85. The second kappa shape index (κ2) is 10.3. The minimum absolute atomic E-state index is 0.159. The van der Waals surface area contributed by atoms with Crippen LogP contribution in [-0.2, 0) is 27.1 Å². The SMILES string of the molecule is CCN(CC)S(=O)(=O)c1ccc2c(c1)nc(SCc1ccc3ccccc3c1)n2CC1CCCO1. The van der Waals surface area contributed by atoms with Crippen LogP contribution in [0.15, 0.2) is 70.7 Å². The van der Waals surface area contributed by atoms with Gasteiger partial charge < -0.3 is 9.30 Å². The molecule has 6 nitrogen and oxygen atoms in total. The third-order valence-corrected chi connectivity index (χ3v) is 9.71. The first-order valence-electron chi connectivity index (χ1n) is 12.2. The Morgan fingerprint density at radius 1 is 1.06 bits per heavy atom. The zero-order chi connectivity index (χ0) is 24.4. The molecule has 0 radical (unpaired) electrons. The zero-order valence-corrected chi connectivity index (χ0v) is 21.8. The first-order valence-corrected chi connectivity index (χ1v) is 14.6. The standard InChI is InChI=1S/C27H31N3O3S2/c1-3-29(4-2)35(31,32)24-13-14-26-25(17-24)28-27(30(26)18-23-10-7-15-33-23)34-19-20-11-12-21-8-5-6-9-22(21)16-20/h5-6,8-9,11-14,16-17,23H,3-4,7,10,15,18-19H2,1-2H3. The Hall–Kier alpha value is -2.39. The minimum Gasteiger partial charge on any atom is -0.376 e. The van der Waals surface area contributed by atoms with Crippen molar-refractivity contribution >= 4 is 43.6 Å². The molecule has 1 fully saturated rings. The maximum atomic E-state index is 13.1. The van der Waals surface area contributed by atoms with Gasteiger partial charge in [0.25, 0.3) is 0 Å². The molecule has 1 aliphatic heterocycles. The van der Waals surface area contributed by atoms with Crippen molar-refractivity contribution in [2.75, 3.05) is 19.7 Å². The van der Waals surface area contributed by atoms with E-state index in [0.717, 1.165) is 42.4 Å². The highest BCUT2D eigenvalue weighted by Gasteiger charge is 2.24. The van der Waals surface area contributed by atoms with Gasteiger partial charge in [0.05, 0.1) is 28.6 Å². The molecule has 3 aromatic carbocycles. The molecule has 1 atom stereocenters. The second-order valence-corrected chi connectivity index (χ2v) is 11.7. The molecule has 1 aromatic heterocycles. The molecule has 35 heavy (non-hydrogen) atoms. The van der Waals surface area contributed by atoms with E-state index in [4.69, 9.17) is 9.72 Å². The molecule has 5 rings (SSSR count). The van der Waals surface area contributed by atoms with Gasteiger partial charge in [-0.15, -0.1) is 0 Å². The Kier molecular flexibility index (Phi) is 7.16. The highest BCUT2D eigenvalue weighted by atomic mass is 32.2. The molecular formula is C27H31N3O3S2. The number of sulfonamides is 1. The van der Waals surface area contributed by atoms with Crippen LogP contribution in [0, 0.1) is 0 Å². The summed E-state index contributed by atoms with van der Waals surface area (Å²) in [6.07, 6.45) is 2.26. The summed E-state index contributed by atoms with van der Waals surface area (Å²) in [4.78, 5) is 5.20. The fraction of sp³-hybridized carbons (Fsp3) is 0.370. The van der Waals surface area contributed by atoms with Crippen molar-refractivity contribution in [2.24, 2.45) is 0 Å². The molecule has 0 amide bonds. The van der Waals surface area contributed by atoms with E-state index < -0.39 is 10.0 Å². The molecule has 1 unspecified atom stereocenters. The van der Waals surface area contributed by atoms with Crippen molar-refractivity contribution in [3.05, 3.63) is 66.2 Å². The Balaban J connectivity index is 1.48. The summed E-state index contributed by atoms with van der Waals surface area (Å²) in [5.41, 5.74) is 2.88. The number of benzene rings is 3. The zero-order valence-electron chi connectivity index (χ0n) is 20.2. The van der Waals surface area contributed by atoms with Crippen LogP contribution in [0.5, 0.6) is 0 Å². The lowest BCUT2D eigenvalue weighted by Crippen LogP contribution is -2.30. The average Bonchev–Trinajstić information content (AvgIpc) is 3.51. The molecular weight excluding hydrogens is 478 g/mol. The lowest BCUT2D eigenvalue weighted by atomic mass is 10.1. The van der Waals surface area contributed by atoms with Gasteiger partial charge in [0.1, 0.15) is 0 Å². The highest BCUT2D eigenvalue weighted by Crippen LogP contribution is 2.31. The number of imidazole rings is 1. The molecule has 2 heterocycles. The van der Waals surface area contributed by atoms with Gasteiger partial charge in [0.15, 0.2) is 5.16 Å². The molecule has 0 spiro atoms. The number of rotatable bonds is 9. The van der Waals surface area contributed by atoms with E-state index in [9.17, 15) is 8.42 Å². The van der Waals surface area contributed by atoms with Gasteiger partial charge in [-0.05, 0) is 47.4 Å². The summed E-state index contributed by atoms with van der Waals surface area (Å²) in [6, 6.07) is 20.2. The van der Waals surface area contributed by atoms with Gasteiger partial charge in [0.2, 0.25) is 10.0 Å². The summed E-state index contributed by atoms with van der Waals surface area (Å²) in [5, 5.41) is 3.35. The van der Waals surface area contributed by atoms with Gasteiger partial charge in [-0.3, -0.25) is 0 Å². The minimum atomic E-state index is -3.54. The number of nitrogens with zero attached hydrogens (tertiary/aromatic N) is 3. The van der Waals surface area contributed by atoms with Crippen LogP contribution in [0.3, 0.4) is 0 Å². The molecule has 8 heteroatoms. The van der Waals surface area contributed by atoms with Crippen LogP contribution in [0.2, 0.25) is 0 Å². The summed E-state index contributed by atoms with van der Waals surface area (Å²) in [7, 11) is -3.54. The van der Waals surface area contributed by atoms with Gasteiger partial charge in [-0.25, -0.2) is 13.4 Å².